The highest BCUT2D eigenvalue weighted by Crippen LogP contribution is 2.15. The number of nitrogens with zero attached hydrogens (tertiary/aromatic N) is 1. The zero-order valence-electron chi connectivity index (χ0n) is 7.56. The van der Waals surface area contributed by atoms with E-state index in [1.165, 1.54) is 0 Å². The van der Waals surface area contributed by atoms with Gasteiger partial charge < -0.3 is 0 Å². The smallest absolute Gasteiger partial charge is 0.230 e. The van der Waals surface area contributed by atoms with Gasteiger partial charge in [0.15, 0.2) is 0 Å². The highest BCUT2D eigenvalue weighted by Gasteiger charge is 2.30. The van der Waals surface area contributed by atoms with Gasteiger partial charge in [0, 0.05) is 24.7 Å². The standard InChI is InChI=1S/C10H10N2O2/c13-9-6-7(10(14)12-9)5-8-3-1-2-4-11-8/h1-4,7H,5-6H2,(H,12,13,14). The van der Waals surface area contributed by atoms with E-state index in [1.807, 2.05) is 18.2 Å². The van der Waals surface area contributed by atoms with E-state index in [9.17, 15) is 9.59 Å². The number of hydrogen-bond donors (Lipinski definition) is 1. The molecular weight excluding hydrogens is 180 g/mol. The van der Waals surface area contributed by atoms with Crippen molar-refractivity contribution in [3.8, 4) is 0 Å². The van der Waals surface area contributed by atoms with Gasteiger partial charge in [0.2, 0.25) is 11.8 Å². The molecule has 1 fully saturated rings. The minimum absolute atomic E-state index is 0.180. The van der Waals surface area contributed by atoms with Gasteiger partial charge in [-0.1, -0.05) is 6.07 Å². The molecule has 4 nitrogen and oxygen atoms in total. The van der Waals surface area contributed by atoms with E-state index in [-0.39, 0.29) is 24.2 Å². The predicted octanol–water partition coefficient (Wildman–Crippen LogP) is 0.287. The van der Waals surface area contributed by atoms with E-state index < -0.39 is 0 Å². The van der Waals surface area contributed by atoms with Crippen LogP contribution in [0.3, 0.4) is 0 Å². The lowest BCUT2D eigenvalue weighted by molar-refractivity contribution is -0.125. The Hall–Kier alpha value is -1.71. The number of carbonyl (C=O) groups excluding carboxylic acids is 2. The Bertz CT molecular complexity index is 362. The van der Waals surface area contributed by atoms with Gasteiger partial charge in [-0.25, -0.2) is 0 Å². The third kappa shape index (κ3) is 1.79. The fourth-order valence-electron chi connectivity index (χ4n) is 1.54. The third-order valence-corrected chi connectivity index (χ3v) is 2.25. The van der Waals surface area contributed by atoms with Gasteiger partial charge in [0.1, 0.15) is 0 Å². The summed E-state index contributed by atoms with van der Waals surface area (Å²) in [4.78, 5) is 26.2. The predicted molar refractivity (Wildman–Crippen MR) is 49.2 cm³/mol. The molecule has 1 aromatic rings. The van der Waals surface area contributed by atoms with Crippen molar-refractivity contribution in [1.29, 1.82) is 0 Å². The van der Waals surface area contributed by atoms with Crippen LogP contribution >= 0.6 is 0 Å². The van der Waals surface area contributed by atoms with Crippen LogP contribution in [0.25, 0.3) is 0 Å². The van der Waals surface area contributed by atoms with E-state index in [2.05, 4.69) is 10.3 Å². The van der Waals surface area contributed by atoms with E-state index >= 15 is 0 Å². The topological polar surface area (TPSA) is 59.1 Å². The minimum Gasteiger partial charge on any atom is -0.296 e. The van der Waals surface area contributed by atoms with E-state index in [4.69, 9.17) is 0 Å². The largest absolute Gasteiger partial charge is 0.296 e. The molecule has 1 aliphatic rings. The molecule has 14 heavy (non-hydrogen) atoms. The maximum Gasteiger partial charge on any atom is 0.230 e. The van der Waals surface area contributed by atoms with Gasteiger partial charge in [-0.3, -0.25) is 19.9 Å². The molecular formula is C10H10N2O2. The van der Waals surface area contributed by atoms with Crippen LogP contribution in [-0.2, 0) is 16.0 Å². The summed E-state index contributed by atoms with van der Waals surface area (Å²) in [5.74, 6) is -0.603. The second kappa shape index (κ2) is 3.57. The molecule has 4 heteroatoms. The molecule has 2 rings (SSSR count). The Morgan fingerprint density at radius 2 is 2.29 bits per heavy atom. The first-order valence-electron chi connectivity index (χ1n) is 4.49. The van der Waals surface area contributed by atoms with Crippen molar-refractivity contribution in [2.24, 2.45) is 5.92 Å². The van der Waals surface area contributed by atoms with Gasteiger partial charge in [-0.2, -0.15) is 0 Å². The molecule has 0 saturated carbocycles. The molecule has 1 unspecified atom stereocenters. The lowest BCUT2D eigenvalue weighted by atomic mass is 10.0. The van der Waals surface area contributed by atoms with Crippen molar-refractivity contribution >= 4 is 11.8 Å². The molecule has 2 amide bonds. The molecule has 0 spiro atoms. The van der Waals surface area contributed by atoms with Crippen LogP contribution in [0.2, 0.25) is 0 Å². The normalized spacial score (nSPS) is 21.0. The number of imide groups is 1. The van der Waals surface area contributed by atoms with Crippen LogP contribution in [0.4, 0.5) is 0 Å². The lowest BCUT2D eigenvalue weighted by Gasteiger charge is -2.03. The third-order valence-electron chi connectivity index (χ3n) is 2.25. The van der Waals surface area contributed by atoms with Crippen molar-refractivity contribution in [3.63, 3.8) is 0 Å². The second-order valence-electron chi connectivity index (χ2n) is 3.34. The van der Waals surface area contributed by atoms with Crippen LogP contribution in [0.15, 0.2) is 24.4 Å². The number of nitrogens with one attached hydrogen (secondary N) is 1. The molecule has 1 N–H and O–H groups in total. The van der Waals surface area contributed by atoms with Crippen LogP contribution in [0, 0.1) is 5.92 Å². The van der Waals surface area contributed by atoms with Crippen LogP contribution < -0.4 is 5.32 Å². The van der Waals surface area contributed by atoms with Gasteiger partial charge in [-0.15, -0.1) is 0 Å². The fraction of sp³-hybridized carbons (Fsp3) is 0.300. The molecule has 1 aliphatic heterocycles. The summed E-state index contributed by atoms with van der Waals surface area (Å²) in [6, 6.07) is 5.55. The number of amides is 2. The maximum absolute atomic E-state index is 11.2. The SMILES string of the molecule is O=C1CC(Cc2ccccn2)C(=O)N1. The molecule has 1 aromatic heterocycles. The summed E-state index contributed by atoms with van der Waals surface area (Å²) in [5, 5.41) is 2.28. The van der Waals surface area contributed by atoms with Crippen molar-refractivity contribution in [3.05, 3.63) is 30.1 Å². The maximum atomic E-state index is 11.2. The first-order chi connectivity index (χ1) is 6.75. The van der Waals surface area contributed by atoms with Gasteiger partial charge >= 0.3 is 0 Å². The Balaban J connectivity index is 2.05. The summed E-state index contributed by atoms with van der Waals surface area (Å²) in [7, 11) is 0. The molecule has 0 bridgehead atoms. The average Bonchev–Trinajstić information content (AvgIpc) is 2.47. The number of hydrogen-bond acceptors (Lipinski definition) is 3. The van der Waals surface area contributed by atoms with E-state index in [0.717, 1.165) is 5.69 Å². The molecule has 0 aliphatic carbocycles. The van der Waals surface area contributed by atoms with Crippen LogP contribution in [0.1, 0.15) is 12.1 Å². The highest BCUT2D eigenvalue weighted by molar-refractivity contribution is 6.03. The first-order valence-corrected chi connectivity index (χ1v) is 4.49. The zero-order chi connectivity index (χ0) is 9.97. The Morgan fingerprint density at radius 1 is 1.43 bits per heavy atom. The molecule has 72 valence electrons. The van der Waals surface area contributed by atoms with Crippen LogP contribution in [-0.4, -0.2) is 16.8 Å². The first kappa shape index (κ1) is 8.87. The highest BCUT2D eigenvalue weighted by atomic mass is 16.2. The van der Waals surface area contributed by atoms with Gasteiger partial charge in [0.25, 0.3) is 0 Å². The minimum atomic E-state index is -0.239. The van der Waals surface area contributed by atoms with E-state index in [1.54, 1.807) is 6.20 Å². The van der Waals surface area contributed by atoms with E-state index in [0.29, 0.717) is 6.42 Å². The molecule has 2 heterocycles. The Kier molecular flexibility index (Phi) is 2.26. The number of carbonyl (C=O) groups is 2. The quantitative estimate of drug-likeness (QED) is 0.682. The van der Waals surface area contributed by atoms with Gasteiger partial charge in [-0.05, 0) is 12.1 Å². The van der Waals surface area contributed by atoms with Crippen molar-refractivity contribution in [2.75, 3.05) is 0 Å². The Morgan fingerprint density at radius 3 is 2.86 bits per heavy atom. The summed E-state index contributed by atoms with van der Waals surface area (Å²) < 4.78 is 0. The van der Waals surface area contributed by atoms with Crippen molar-refractivity contribution < 1.29 is 9.59 Å². The van der Waals surface area contributed by atoms with Crippen LogP contribution in [0.5, 0.6) is 0 Å². The average molecular weight is 190 g/mol. The number of pyridine rings is 1. The monoisotopic (exact) mass is 190 g/mol. The summed E-state index contributed by atoms with van der Waals surface area (Å²) >= 11 is 0. The summed E-state index contributed by atoms with van der Waals surface area (Å²) in [5.41, 5.74) is 0.849. The molecule has 0 aromatic carbocycles. The molecule has 1 saturated heterocycles. The summed E-state index contributed by atoms with van der Waals surface area (Å²) in [6.45, 7) is 0. The summed E-state index contributed by atoms with van der Waals surface area (Å²) in [6.07, 6.45) is 2.51. The number of rotatable bonds is 2. The molecule has 1 atom stereocenters. The zero-order valence-corrected chi connectivity index (χ0v) is 7.56. The lowest BCUT2D eigenvalue weighted by Crippen LogP contribution is -2.23. The second-order valence-corrected chi connectivity index (χ2v) is 3.34. The van der Waals surface area contributed by atoms with Gasteiger partial charge in [0.05, 0.1) is 5.92 Å². The molecule has 0 radical (unpaired) electrons. The van der Waals surface area contributed by atoms with Crippen molar-refractivity contribution in [1.82, 2.24) is 10.3 Å². The Labute approximate surface area is 81.3 Å². The fourth-order valence-corrected chi connectivity index (χ4v) is 1.54. The number of aromatic nitrogens is 1. The van der Waals surface area contributed by atoms with Crippen molar-refractivity contribution in [2.45, 2.75) is 12.8 Å².